The first-order valence-electron chi connectivity index (χ1n) is 8.46. The van der Waals surface area contributed by atoms with Gasteiger partial charge in [-0.05, 0) is 30.2 Å². The molecule has 1 fully saturated rings. The number of carbonyl (C=O) groups is 2. The summed E-state index contributed by atoms with van der Waals surface area (Å²) in [6.07, 6.45) is 2.67. The summed E-state index contributed by atoms with van der Waals surface area (Å²) in [6, 6.07) is 11.5. The molecule has 0 spiro atoms. The van der Waals surface area contributed by atoms with E-state index in [0.29, 0.717) is 30.7 Å². The van der Waals surface area contributed by atoms with Crippen molar-refractivity contribution in [1.82, 2.24) is 15.6 Å². The Morgan fingerprint density at radius 1 is 1.27 bits per heavy atom. The van der Waals surface area contributed by atoms with Gasteiger partial charge < -0.3 is 10.6 Å². The number of pyridine rings is 1. The van der Waals surface area contributed by atoms with Crippen molar-refractivity contribution in [2.24, 2.45) is 0 Å². The summed E-state index contributed by atoms with van der Waals surface area (Å²) in [5, 5.41) is 5.19. The van der Waals surface area contributed by atoms with E-state index in [1.807, 2.05) is 18.2 Å². The highest BCUT2D eigenvalue weighted by atomic mass is 32.2. The fourth-order valence-corrected chi connectivity index (χ4v) is 3.91. The zero-order valence-electron chi connectivity index (χ0n) is 14.2. The van der Waals surface area contributed by atoms with Gasteiger partial charge in [0.1, 0.15) is 11.9 Å². The van der Waals surface area contributed by atoms with Crippen molar-refractivity contribution in [3.05, 3.63) is 65.7 Å². The molecule has 0 radical (unpaired) electrons. The molecule has 2 atom stereocenters. The van der Waals surface area contributed by atoms with Crippen molar-refractivity contribution in [1.29, 1.82) is 0 Å². The molecule has 136 valence electrons. The number of hydrogen-bond donors (Lipinski definition) is 2. The van der Waals surface area contributed by atoms with Crippen LogP contribution >= 0.6 is 11.8 Å². The van der Waals surface area contributed by atoms with E-state index in [1.54, 1.807) is 24.4 Å². The second-order valence-corrected chi connectivity index (χ2v) is 7.28. The zero-order valence-corrected chi connectivity index (χ0v) is 15.0. The molecule has 0 aliphatic carbocycles. The summed E-state index contributed by atoms with van der Waals surface area (Å²) in [5.41, 5.74) is 1.42. The number of amides is 2. The fourth-order valence-electron chi connectivity index (χ4n) is 2.73. The Balaban J connectivity index is 1.46. The van der Waals surface area contributed by atoms with Crippen molar-refractivity contribution in [3.63, 3.8) is 0 Å². The van der Waals surface area contributed by atoms with Gasteiger partial charge in [-0.25, -0.2) is 4.39 Å². The third kappa shape index (κ3) is 4.82. The van der Waals surface area contributed by atoms with E-state index >= 15 is 0 Å². The number of carbonyl (C=O) groups excluding carboxylic acids is 2. The Morgan fingerprint density at radius 2 is 2.08 bits per heavy atom. The van der Waals surface area contributed by atoms with E-state index in [0.717, 1.165) is 5.69 Å². The van der Waals surface area contributed by atoms with Crippen molar-refractivity contribution >= 4 is 23.6 Å². The van der Waals surface area contributed by atoms with E-state index in [2.05, 4.69) is 15.6 Å². The van der Waals surface area contributed by atoms with Crippen LogP contribution in [0.5, 0.6) is 0 Å². The van der Waals surface area contributed by atoms with Crippen LogP contribution in [0.1, 0.15) is 11.3 Å². The Hall–Kier alpha value is -2.41. The average molecular weight is 373 g/mol. The minimum atomic E-state index is -0.562. The van der Waals surface area contributed by atoms with Crippen LogP contribution in [-0.4, -0.2) is 40.4 Å². The molecule has 1 aromatic heterocycles. The highest BCUT2D eigenvalue weighted by molar-refractivity contribution is 8.00. The van der Waals surface area contributed by atoms with Crippen LogP contribution < -0.4 is 10.6 Å². The largest absolute Gasteiger partial charge is 0.354 e. The summed E-state index contributed by atoms with van der Waals surface area (Å²) < 4.78 is 13.7. The molecule has 0 saturated carbocycles. The molecule has 1 aliphatic rings. The third-order valence-corrected chi connectivity index (χ3v) is 5.47. The van der Waals surface area contributed by atoms with Gasteiger partial charge in [-0.1, -0.05) is 24.3 Å². The number of thioether (sulfide) groups is 1. The number of rotatable bonds is 6. The molecule has 2 amide bonds. The van der Waals surface area contributed by atoms with Crippen LogP contribution in [0.4, 0.5) is 4.39 Å². The van der Waals surface area contributed by atoms with Crippen LogP contribution in [0, 0.1) is 5.82 Å². The molecule has 7 heteroatoms. The van der Waals surface area contributed by atoms with Crippen molar-refractivity contribution in [3.8, 4) is 0 Å². The van der Waals surface area contributed by atoms with Gasteiger partial charge in [0, 0.05) is 30.6 Å². The van der Waals surface area contributed by atoms with Gasteiger partial charge >= 0.3 is 0 Å². The van der Waals surface area contributed by atoms with Crippen molar-refractivity contribution in [2.75, 3.05) is 12.3 Å². The predicted octanol–water partition coefficient (Wildman–Crippen LogP) is 1.72. The van der Waals surface area contributed by atoms with E-state index in [1.165, 1.54) is 17.8 Å². The highest BCUT2D eigenvalue weighted by Gasteiger charge is 2.32. The minimum absolute atomic E-state index is 0.203. The molecule has 2 heterocycles. The topological polar surface area (TPSA) is 71.1 Å². The lowest BCUT2D eigenvalue weighted by molar-refractivity contribution is -0.128. The van der Waals surface area contributed by atoms with Crippen LogP contribution in [0.25, 0.3) is 0 Å². The average Bonchev–Trinajstić information content (AvgIpc) is 2.66. The first-order chi connectivity index (χ1) is 12.6. The molecular formula is C19H20FN3O2S. The smallest absolute Gasteiger partial charge is 0.243 e. The zero-order chi connectivity index (χ0) is 18.4. The number of nitrogens with zero attached hydrogens (tertiary/aromatic N) is 1. The lowest BCUT2D eigenvalue weighted by Gasteiger charge is -2.28. The van der Waals surface area contributed by atoms with E-state index < -0.39 is 6.04 Å². The van der Waals surface area contributed by atoms with Crippen LogP contribution in [0.2, 0.25) is 0 Å². The molecule has 1 aromatic carbocycles. The third-order valence-electron chi connectivity index (χ3n) is 4.16. The van der Waals surface area contributed by atoms with E-state index in [9.17, 15) is 14.0 Å². The van der Waals surface area contributed by atoms with Crippen molar-refractivity contribution in [2.45, 2.75) is 24.1 Å². The molecule has 2 unspecified atom stereocenters. The normalized spacial score (nSPS) is 19.7. The van der Waals surface area contributed by atoms with Gasteiger partial charge in [0.2, 0.25) is 11.8 Å². The number of hydrogen-bond acceptors (Lipinski definition) is 4. The summed E-state index contributed by atoms with van der Waals surface area (Å²) in [4.78, 5) is 28.7. The van der Waals surface area contributed by atoms with Crippen LogP contribution in [0.15, 0.2) is 48.7 Å². The van der Waals surface area contributed by atoms with Gasteiger partial charge in [0.25, 0.3) is 0 Å². The molecular weight excluding hydrogens is 353 g/mol. The predicted molar refractivity (Wildman–Crippen MR) is 99.2 cm³/mol. The lowest BCUT2D eigenvalue weighted by atomic mass is 10.1. The maximum atomic E-state index is 13.7. The summed E-state index contributed by atoms with van der Waals surface area (Å²) >= 11 is 1.39. The molecule has 2 aromatic rings. The highest BCUT2D eigenvalue weighted by Crippen LogP contribution is 2.23. The number of nitrogens with one attached hydrogen (secondary N) is 2. The molecule has 5 nitrogen and oxygen atoms in total. The SMILES string of the molecule is O=C(NCCc1ccccn1)C1CSC(Cc2ccccc2F)C(=O)N1. The summed E-state index contributed by atoms with van der Waals surface area (Å²) in [5.74, 6) is -0.268. The molecule has 3 rings (SSSR count). The van der Waals surface area contributed by atoms with Gasteiger partial charge in [-0.2, -0.15) is 0 Å². The Morgan fingerprint density at radius 3 is 2.81 bits per heavy atom. The Labute approximate surface area is 155 Å². The second kappa shape index (κ2) is 8.80. The minimum Gasteiger partial charge on any atom is -0.354 e. The monoisotopic (exact) mass is 373 g/mol. The number of benzene rings is 1. The second-order valence-electron chi connectivity index (χ2n) is 6.04. The first-order valence-corrected chi connectivity index (χ1v) is 9.51. The fraction of sp³-hybridized carbons (Fsp3) is 0.316. The maximum Gasteiger partial charge on any atom is 0.243 e. The van der Waals surface area contributed by atoms with E-state index in [4.69, 9.17) is 0 Å². The van der Waals surface area contributed by atoms with Gasteiger partial charge in [0.15, 0.2) is 0 Å². The molecule has 2 N–H and O–H groups in total. The van der Waals surface area contributed by atoms with Gasteiger partial charge in [-0.3, -0.25) is 14.6 Å². The Bertz CT molecular complexity index is 772. The van der Waals surface area contributed by atoms with Gasteiger partial charge in [0.05, 0.1) is 5.25 Å². The van der Waals surface area contributed by atoms with Gasteiger partial charge in [-0.15, -0.1) is 11.8 Å². The summed E-state index contributed by atoms with van der Waals surface area (Å²) in [6.45, 7) is 0.464. The van der Waals surface area contributed by atoms with Crippen molar-refractivity contribution < 1.29 is 14.0 Å². The number of aromatic nitrogens is 1. The molecule has 1 saturated heterocycles. The molecule has 1 aliphatic heterocycles. The summed E-state index contributed by atoms with van der Waals surface area (Å²) in [7, 11) is 0. The quantitative estimate of drug-likeness (QED) is 0.809. The Kier molecular flexibility index (Phi) is 6.22. The standard InChI is InChI=1S/C19H20FN3O2S/c20-15-7-2-1-5-13(15)11-17-19(25)23-16(12-26-17)18(24)22-10-8-14-6-3-4-9-21-14/h1-7,9,16-17H,8,10-12H2,(H,22,24)(H,23,25). The number of halogens is 1. The molecule has 0 bridgehead atoms. The van der Waals surface area contributed by atoms with Crippen LogP contribution in [0.3, 0.4) is 0 Å². The first kappa shape index (κ1) is 18.4. The molecule has 26 heavy (non-hydrogen) atoms. The van der Waals surface area contributed by atoms with Crippen LogP contribution in [-0.2, 0) is 22.4 Å². The lowest BCUT2D eigenvalue weighted by Crippen LogP contribution is -2.54. The van der Waals surface area contributed by atoms with E-state index in [-0.39, 0.29) is 22.9 Å². The maximum absolute atomic E-state index is 13.7.